The zero-order chi connectivity index (χ0) is 23.9. The number of carbonyl (C=O) groups is 3. The predicted molar refractivity (Wildman–Crippen MR) is 130 cm³/mol. The predicted octanol–water partition coefficient (Wildman–Crippen LogP) is 4.94. The van der Waals surface area contributed by atoms with Crippen LogP contribution >= 0.6 is 0 Å². The number of anilines is 1. The van der Waals surface area contributed by atoms with Crippen molar-refractivity contribution in [3.8, 4) is 5.69 Å². The fourth-order valence-electron chi connectivity index (χ4n) is 4.19. The molecule has 168 valence electrons. The lowest BCUT2D eigenvalue weighted by Crippen LogP contribution is -2.54. The molecule has 4 rings (SSSR count). The normalized spacial score (nSPS) is 15.4. The summed E-state index contributed by atoms with van der Waals surface area (Å²) in [5.41, 5.74) is 7.42. The number of benzene rings is 2. The molecule has 1 aliphatic rings. The van der Waals surface area contributed by atoms with Crippen LogP contribution in [0.2, 0.25) is 0 Å². The third kappa shape index (κ3) is 4.00. The van der Waals surface area contributed by atoms with E-state index in [1.807, 2.05) is 45.9 Å². The number of barbiturate groups is 1. The molecule has 0 unspecified atom stereocenters. The van der Waals surface area contributed by atoms with Gasteiger partial charge in [0.15, 0.2) is 0 Å². The Morgan fingerprint density at radius 2 is 1.61 bits per heavy atom. The fourth-order valence-corrected chi connectivity index (χ4v) is 4.19. The first kappa shape index (κ1) is 22.3. The standard InChI is InChI=1S/C27H27N3O3/c1-6-20-9-11-22(12-10-20)30-26(32)23(25(31)28-27(30)33)15-21-14-18(4)29(19(21)5)24-13-16(2)7-8-17(24)3/h7-15H,6H2,1-5H3,(H,28,31,33)/b23-15-. The van der Waals surface area contributed by atoms with Gasteiger partial charge in [0.1, 0.15) is 5.57 Å². The number of hydrogen-bond donors (Lipinski definition) is 1. The van der Waals surface area contributed by atoms with Gasteiger partial charge in [0, 0.05) is 17.1 Å². The van der Waals surface area contributed by atoms with Crippen LogP contribution in [0, 0.1) is 27.7 Å². The molecule has 0 atom stereocenters. The molecular formula is C27H27N3O3. The Balaban J connectivity index is 1.76. The molecule has 0 bridgehead atoms. The van der Waals surface area contributed by atoms with E-state index >= 15 is 0 Å². The summed E-state index contributed by atoms with van der Waals surface area (Å²) in [6.07, 6.45) is 2.42. The van der Waals surface area contributed by atoms with Crippen molar-refractivity contribution < 1.29 is 14.4 Å². The summed E-state index contributed by atoms with van der Waals surface area (Å²) in [6, 6.07) is 14.6. The minimum Gasteiger partial charge on any atom is -0.318 e. The van der Waals surface area contributed by atoms with Crippen LogP contribution in [0.25, 0.3) is 11.8 Å². The first-order chi connectivity index (χ1) is 15.7. The number of aromatic nitrogens is 1. The molecule has 1 aliphatic heterocycles. The summed E-state index contributed by atoms with van der Waals surface area (Å²) in [4.78, 5) is 39.4. The largest absolute Gasteiger partial charge is 0.335 e. The van der Waals surface area contributed by atoms with Gasteiger partial charge in [-0.15, -0.1) is 0 Å². The number of urea groups is 1. The van der Waals surface area contributed by atoms with Gasteiger partial charge in [0.2, 0.25) is 0 Å². The maximum Gasteiger partial charge on any atom is 0.335 e. The van der Waals surface area contributed by atoms with E-state index in [0.29, 0.717) is 5.69 Å². The monoisotopic (exact) mass is 441 g/mol. The molecule has 2 heterocycles. The summed E-state index contributed by atoms with van der Waals surface area (Å²) < 4.78 is 2.12. The Labute approximate surface area is 193 Å². The SMILES string of the molecule is CCc1ccc(N2C(=O)NC(=O)/C(=C/c3cc(C)n(-c4cc(C)ccc4C)c3C)C2=O)cc1. The van der Waals surface area contributed by atoms with Crippen molar-refractivity contribution in [2.45, 2.75) is 41.0 Å². The Morgan fingerprint density at radius 3 is 2.27 bits per heavy atom. The zero-order valence-electron chi connectivity index (χ0n) is 19.5. The Hall–Kier alpha value is -3.93. The van der Waals surface area contributed by atoms with E-state index in [1.165, 1.54) is 0 Å². The molecule has 1 fully saturated rings. The Morgan fingerprint density at radius 1 is 0.909 bits per heavy atom. The van der Waals surface area contributed by atoms with E-state index in [0.717, 1.165) is 50.6 Å². The molecule has 6 nitrogen and oxygen atoms in total. The Kier molecular flexibility index (Phi) is 5.77. The van der Waals surface area contributed by atoms with Crippen molar-refractivity contribution in [3.63, 3.8) is 0 Å². The second-order valence-electron chi connectivity index (χ2n) is 8.43. The number of imide groups is 2. The van der Waals surface area contributed by atoms with Crippen molar-refractivity contribution in [1.82, 2.24) is 9.88 Å². The lowest BCUT2D eigenvalue weighted by Gasteiger charge is -2.26. The van der Waals surface area contributed by atoms with Crippen LogP contribution in [0.3, 0.4) is 0 Å². The summed E-state index contributed by atoms with van der Waals surface area (Å²) in [5, 5.41) is 2.30. The molecule has 0 spiro atoms. The van der Waals surface area contributed by atoms with E-state index in [4.69, 9.17) is 0 Å². The maximum absolute atomic E-state index is 13.2. The van der Waals surface area contributed by atoms with E-state index in [2.05, 4.69) is 35.0 Å². The topological polar surface area (TPSA) is 71.4 Å². The van der Waals surface area contributed by atoms with Crippen LogP contribution in [0.1, 0.15) is 40.6 Å². The molecule has 0 radical (unpaired) electrons. The second-order valence-corrected chi connectivity index (χ2v) is 8.43. The van der Waals surface area contributed by atoms with Crippen molar-refractivity contribution >= 4 is 29.6 Å². The first-order valence-electron chi connectivity index (χ1n) is 11.0. The highest BCUT2D eigenvalue weighted by atomic mass is 16.2. The van der Waals surface area contributed by atoms with Gasteiger partial charge in [-0.05, 0) is 86.7 Å². The molecule has 1 saturated heterocycles. The van der Waals surface area contributed by atoms with Gasteiger partial charge >= 0.3 is 6.03 Å². The average molecular weight is 442 g/mol. The highest BCUT2D eigenvalue weighted by Gasteiger charge is 2.37. The highest BCUT2D eigenvalue weighted by Crippen LogP contribution is 2.27. The number of rotatable bonds is 4. The molecular weight excluding hydrogens is 414 g/mol. The van der Waals surface area contributed by atoms with Gasteiger partial charge in [-0.2, -0.15) is 0 Å². The van der Waals surface area contributed by atoms with Crippen LogP contribution in [0.15, 0.2) is 54.1 Å². The molecule has 4 amide bonds. The van der Waals surface area contributed by atoms with Crippen molar-refractivity contribution in [2.75, 3.05) is 4.90 Å². The van der Waals surface area contributed by atoms with Crippen molar-refractivity contribution in [2.24, 2.45) is 0 Å². The van der Waals surface area contributed by atoms with Crippen LogP contribution < -0.4 is 10.2 Å². The number of nitrogens with zero attached hydrogens (tertiary/aromatic N) is 2. The average Bonchev–Trinajstić information content (AvgIpc) is 3.06. The number of carbonyl (C=O) groups excluding carboxylic acids is 3. The maximum atomic E-state index is 13.2. The first-order valence-corrected chi connectivity index (χ1v) is 11.0. The molecule has 6 heteroatoms. The molecule has 0 saturated carbocycles. The molecule has 0 aliphatic carbocycles. The number of aryl methyl sites for hydroxylation is 4. The van der Waals surface area contributed by atoms with Gasteiger partial charge in [-0.25, -0.2) is 9.69 Å². The Bertz CT molecular complexity index is 1310. The fraction of sp³-hybridized carbons (Fsp3) is 0.222. The summed E-state index contributed by atoms with van der Waals surface area (Å²) >= 11 is 0. The number of amides is 4. The third-order valence-corrected chi connectivity index (χ3v) is 6.08. The third-order valence-electron chi connectivity index (χ3n) is 6.08. The van der Waals surface area contributed by atoms with Gasteiger partial charge in [0.25, 0.3) is 11.8 Å². The zero-order valence-corrected chi connectivity index (χ0v) is 19.5. The lowest BCUT2D eigenvalue weighted by molar-refractivity contribution is -0.122. The van der Waals surface area contributed by atoms with Crippen LogP contribution in [0.5, 0.6) is 0 Å². The minimum absolute atomic E-state index is 0.0737. The summed E-state index contributed by atoms with van der Waals surface area (Å²) in [7, 11) is 0. The molecule has 3 aromatic rings. The second kappa shape index (κ2) is 8.54. The van der Waals surface area contributed by atoms with Gasteiger partial charge < -0.3 is 4.57 Å². The van der Waals surface area contributed by atoms with E-state index in [9.17, 15) is 14.4 Å². The van der Waals surface area contributed by atoms with Gasteiger partial charge in [0.05, 0.1) is 5.69 Å². The molecule has 1 N–H and O–H groups in total. The van der Waals surface area contributed by atoms with E-state index in [1.54, 1.807) is 18.2 Å². The quantitative estimate of drug-likeness (QED) is 0.460. The molecule has 33 heavy (non-hydrogen) atoms. The van der Waals surface area contributed by atoms with Gasteiger partial charge in [-0.3, -0.25) is 14.9 Å². The van der Waals surface area contributed by atoms with Crippen molar-refractivity contribution in [3.05, 3.63) is 87.7 Å². The van der Waals surface area contributed by atoms with E-state index in [-0.39, 0.29) is 5.57 Å². The van der Waals surface area contributed by atoms with Crippen LogP contribution in [-0.2, 0) is 16.0 Å². The minimum atomic E-state index is -0.743. The lowest BCUT2D eigenvalue weighted by atomic mass is 10.1. The molecule has 1 aromatic heterocycles. The van der Waals surface area contributed by atoms with Crippen LogP contribution in [-0.4, -0.2) is 22.4 Å². The summed E-state index contributed by atoms with van der Waals surface area (Å²) in [6.45, 7) is 10.1. The van der Waals surface area contributed by atoms with Crippen molar-refractivity contribution in [1.29, 1.82) is 0 Å². The van der Waals surface area contributed by atoms with E-state index < -0.39 is 17.8 Å². The summed E-state index contributed by atoms with van der Waals surface area (Å²) in [5.74, 6) is -1.33. The molecule has 2 aromatic carbocycles. The van der Waals surface area contributed by atoms with Gasteiger partial charge in [-0.1, -0.05) is 31.2 Å². The van der Waals surface area contributed by atoms with Crippen LogP contribution in [0.4, 0.5) is 10.5 Å². The highest BCUT2D eigenvalue weighted by molar-refractivity contribution is 6.39. The number of nitrogens with one attached hydrogen (secondary N) is 1. The smallest absolute Gasteiger partial charge is 0.318 e. The number of hydrogen-bond acceptors (Lipinski definition) is 3.